The topological polar surface area (TPSA) is 43.4 Å². The first-order valence-electron chi connectivity index (χ1n) is 6.87. The molecule has 0 rings (SSSR count). The fourth-order valence-electron chi connectivity index (χ4n) is 1.79. The highest BCUT2D eigenvalue weighted by Gasteiger charge is 2.13. The van der Waals surface area contributed by atoms with Gasteiger partial charge in [0.05, 0.1) is 0 Å². The van der Waals surface area contributed by atoms with Crippen LogP contribution in [0.2, 0.25) is 0 Å². The van der Waals surface area contributed by atoms with E-state index in [9.17, 15) is 9.59 Å². The molecule has 100 valence electrons. The highest BCUT2D eigenvalue weighted by molar-refractivity contribution is 5.83. The Morgan fingerprint density at radius 3 is 2.29 bits per heavy atom. The van der Waals surface area contributed by atoms with Crippen molar-refractivity contribution in [2.24, 2.45) is 0 Å². The minimum atomic E-state index is -0.378. The van der Waals surface area contributed by atoms with E-state index in [4.69, 9.17) is 4.74 Å². The average Bonchev–Trinajstić information content (AvgIpc) is 2.31. The van der Waals surface area contributed by atoms with Crippen LogP contribution >= 0.6 is 0 Å². The van der Waals surface area contributed by atoms with E-state index in [0.717, 1.165) is 32.1 Å². The Hall–Kier alpha value is -0.860. The summed E-state index contributed by atoms with van der Waals surface area (Å²) in [6, 6.07) is 0. The van der Waals surface area contributed by atoms with Gasteiger partial charge >= 0.3 is 5.97 Å². The van der Waals surface area contributed by atoms with Crippen molar-refractivity contribution in [2.75, 3.05) is 0 Å². The molecule has 0 N–H and O–H groups in total. The van der Waals surface area contributed by atoms with Crippen LogP contribution < -0.4 is 0 Å². The minimum absolute atomic E-state index is 0.0132. The van der Waals surface area contributed by atoms with E-state index in [1.54, 1.807) is 0 Å². The Bertz CT molecular complexity index is 202. The van der Waals surface area contributed by atoms with Crippen molar-refractivity contribution in [1.29, 1.82) is 0 Å². The van der Waals surface area contributed by atoms with Crippen molar-refractivity contribution in [1.82, 2.24) is 0 Å². The van der Waals surface area contributed by atoms with Gasteiger partial charge in [0, 0.05) is 0 Å². The molecule has 0 aliphatic rings. The van der Waals surface area contributed by atoms with Gasteiger partial charge in [0.1, 0.15) is 18.8 Å². The minimum Gasteiger partial charge on any atom is -0.462 e. The molecule has 3 nitrogen and oxygen atoms in total. The van der Waals surface area contributed by atoms with Crippen LogP contribution in [-0.2, 0) is 14.3 Å². The number of hydrogen-bond acceptors (Lipinski definition) is 3. The maximum atomic E-state index is 11.3. The summed E-state index contributed by atoms with van der Waals surface area (Å²) in [5.74, 6) is -0.378. The molecule has 0 spiro atoms. The lowest BCUT2D eigenvalue weighted by Crippen LogP contribution is -2.18. The van der Waals surface area contributed by atoms with Crippen LogP contribution in [-0.4, -0.2) is 18.4 Å². The van der Waals surface area contributed by atoms with E-state index in [1.165, 1.54) is 19.3 Å². The van der Waals surface area contributed by atoms with Gasteiger partial charge in [0.15, 0.2) is 0 Å². The van der Waals surface area contributed by atoms with E-state index in [1.807, 2.05) is 0 Å². The van der Waals surface area contributed by atoms with Crippen LogP contribution in [0.25, 0.3) is 0 Å². The molecule has 0 heterocycles. The quantitative estimate of drug-likeness (QED) is 0.240. The molecule has 0 aliphatic heterocycles. The fraction of sp³-hybridized carbons (Fsp3) is 0.857. The number of unbranched alkanes of at least 4 members (excludes halogenated alkanes) is 4. The Balaban J connectivity index is 3.86. The second kappa shape index (κ2) is 11.6. The molecule has 0 bridgehead atoms. The zero-order valence-corrected chi connectivity index (χ0v) is 11.2. The van der Waals surface area contributed by atoms with Gasteiger partial charge in [-0.1, -0.05) is 46.0 Å². The van der Waals surface area contributed by atoms with Gasteiger partial charge in [-0.15, -0.1) is 0 Å². The third-order valence-corrected chi connectivity index (χ3v) is 2.81. The van der Waals surface area contributed by atoms with Crippen LogP contribution in [0.4, 0.5) is 0 Å². The third kappa shape index (κ3) is 10.0. The van der Waals surface area contributed by atoms with Gasteiger partial charge in [0.2, 0.25) is 0 Å². The van der Waals surface area contributed by atoms with Gasteiger partial charge in [0.25, 0.3) is 0 Å². The molecule has 0 aromatic heterocycles. The van der Waals surface area contributed by atoms with E-state index in [0.29, 0.717) is 6.29 Å². The molecule has 17 heavy (non-hydrogen) atoms. The monoisotopic (exact) mass is 242 g/mol. The lowest BCUT2D eigenvalue weighted by molar-refractivity contribution is -0.150. The van der Waals surface area contributed by atoms with E-state index < -0.39 is 0 Å². The van der Waals surface area contributed by atoms with Crippen molar-refractivity contribution in [3.05, 3.63) is 0 Å². The average molecular weight is 242 g/mol. The standard InChI is InChI=1S/C14H26O3/c1-3-5-7-8-10-13(9-6-4-2)17-14(16)11-12-15/h12-13H,3-11H2,1-2H3. The predicted octanol–water partition coefficient (Wildman–Crippen LogP) is 3.65. The van der Waals surface area contributed by atoms with Gasteiger partial charge in [-0.25, -0.2) is 0 Å². The zero-order valence-electron chi connectivity index (χ0n) is 11.2. The summed E-state index contributed by atoms with van der Waals surface area (Å²) in [6.45, 7) is 4.31. The molecule has 1 atom stereocenters. The summed E-state index contributed by atoms with van der Waals surface area (Å²) in [4.78, 5) is 21.5. The first kappa shape index (κ1) is 16.1. The van der Waals surface area contributed by atoms with Gasteiger partial charge < -0.3 is 9.53 Å². The summed E-state index contributed by atoms with van der Waals surface area (Å²) in [7, 11) is 0. The lowest BCUT2D eigenvalue weighted by Gasteiger charge is -2.17. The first-order valence-corrected chi connectivity index (χ1v) is 6.87. The Morgan fingerprint density at radius 2 is 1.71 bits per heavy atom. The largest absolute Gasteiger partial charge is 0.462 e. The molecule has 0 amide bonds. The van der Waals surface area contributed by atoms with Crippen molar-refractivity contribution < 1.29 is 14.3 Å². The van der Waals surface area contributed by atoms with E-state index >= 15 is 0 Å². The van der Waals surface area contributed by atoms with Crippen LogP contribution in [0.5, 0.6) is 0 Å². The number of carbonyl (C=O) groups is 2. The maximum absolute atomic E-state index is 11.3. The number of ether oxygens (including phenoxy) is 1. The normalized spacial score (nSPS) is 12.1. The maximum Gasteiger partial charge on any atom is 0.313 e. The zero-order chi connectivity index (χ0) is 12.9. The van der Waals surface area contributed by atoms with Crippen LogP contribution in [0, 0.1) is 0 Å². The first-order chi connectivity index (χ1) is 8.24. The molecular formula is C14H26O3. The van der Waals surface area contributed by atoms with Gasteiger partial charge in [-0.05, 0) is 19.3 Å². The molecule has 0 aromatic rings. The second-order valence-corrected chi connectivity index (χ2v) is 4.47. The summed E-state index contributed by atoms with van der Waals surface area (Å²) >= 11 is 0. The molecule has 0 saturated carbocycles. The molecule has 1 unspecified atom stereocenters. The molecular weight excluding hydrogens is 216 g/mol. The fourth-order valence-corrected chi connectivity index (χ4v) is 1.79. The van der Waals surface area contributed by atoms with Gasteiger partial charge in [-0.3, -0.25) is 4.79 Å². The third-order valence-electron chi connectivity index (χ3n) is 2.81. The number of carbonyl (C=O) groups excluding carboxylic acids is 2. The number of rotatable bonds is 11. The molecule has 0 fully saturated rings. The summed E-state index contributed by atoms with van der Waals surface area (Å²) < 4.78 is 5.30. The van der Waals surface area contributed by atoms with Crippen molar-refractivity contribution >= 4 is 12.3 Å². The van der Waals surface area contributed by atoms with Crippen molar-refractivity contribution in [2.45, 2.75) is 77.7 Å². The van der Waals surface area contributed by atoms with Gasteiger partial charge in [-0.2, -0.15) is 0 Å². The van der Waals surface area contributed by atoms with Crippen molar-refractivity contribution in [3.63, 3.8) is 0 Å². The second-order valence-electron chi connectivity index (χ2n) is 4.47. The highest BCUT2D eigenvalue weighted by atomic mass is 16.5. The summed E-state index contributed by atoms with van der Waals surface area (Å²) in [6.07, 6.45) is 9.31. The molecule has 0 saturated heterocycles. The molecule has 3 heteroatoms. The van der Waals surface area contributed by atoms with Crippen LogP contribution in [0.15, 0.2) is 0 Å². The lowest BCUT2D eigenvalue weighted by atomic mass is 10.0. The van der Waals surface area contributed by atoms with Crippen LogP contribution in [0.3, 0.4) is 0 Å². The molecule has 0 radical (unpaired) electrons. The highest BCUT2D eigenvalue weighted by Crippen LogP contribution is 2.14. The number of hydrogen-bond donors (Lipinski definition) is 0. The summed E-state index contributed by atoms with van der Waals surface area (Å²) in [5.41, 5.74) is 0. The molecule has 0 aliphatic carbocycles. The number of esters is 1. The van der Waals surface area contributed by atoms with Crippen molar-refractivity contribution in [3.8, 4) is 0 Å². The van der Waals surface area contributed by atoms with E-state index in [2.05, 4.69) is 13.8 Å². The van der Waals surface area contributed by atoms with Crippen LogP contribution in [0.1, 0.15) is 71.6 Å². The smallest absolute Gasteiger partial charge is 0.313 e. The van der Waals surface area contributed by atoms with E-state index in [-0.39, 0.29) is 18.5 Å². The Labute approximate surface area is 105 Å². The Morgan fingerprint density at radius 1 is 1.06 bits per heavy atom. The Kier molecular flexibility index (Phi) is 11.0. The number of aldehydes is 1. The summed E-state index contributed by atoms with van der Waals surface area (Å²) in [5, 5.41) is 0. The SMILES string of the molecule is CCCCCCC(CCCC)OC(=O)CC=O. The predicted molar refractivity (Wildman–Crippen MR) is 68.8 cm³/mol. The molecule has 0 aromatic carbocycles.